The lowest BCUT2D eigenvalue weighted by Gasteiger charge is -2.41. The molecule has 0 aromatic heterocycles. The molecule has 1 saturated heterocycles. The highest BCUT2D eigenvalue weighted by molar-refractivity contribution is 5.71. The quantitative estimate of drug-likeness (QED) is 0.145. The highest BCUT2D eigenvalue weighted by atomic mass is 16.7. The molecule has 4 N–H and O–H groups in total. The number of esters is 2. The highest BCUT2D eigenvalue weighted by Gasteiger charge is 2.49. The Morgan fingerprint density at radius 1 is 0.837 bits per heavy atom. The van der Waals surface area contributed by atoms with E-state index in [1.165, 1.54) is 5.56 Å². The lowest BCUT2D eigenvalue weighted by molar-refractivity contribution is -0.293. The average molecular weight is 602 g/mol. The van der Waals surface area contributed by atoms with Crippen LogP contribution in [0.4, 0.5) is 0 Å². The van der Waals surface area contributed by atoms with Gasteiger partial charge in [0.25, 0.3) is 0 Å². The third-order valence-corrected chi connectivity index (χ3v) is 7.26. The SMILES string of the molecule is CCCC(=O)O[C@@H]1C(OC(=O)CCN(CCNCCN(C)Cc2ccccc2)Cc2ccccc2)[C@H](O)OC(CO)[C@@H]1O. The van der Waals surface area contributed by atoms with Gasteiger partial charge in [-0.05, 0) is 24.6 Å². The molecule has 1 aliphatic rings. The smallest absolute Gasteiger partial charge is 0.307 e. The van der Waals surface area contributed by atoms with Crippen molar-refractivity contribution in [3.8, 4) is 0 Å². The molecule has 0 bridgehead atoms. The zero-order valence-electron chi connectivity index (χ0n) is 25.2. The second kappa shape index (κ2) is 18.7. The molecule has 2 unspecified atom stereocenters. The predicted octanol–water partition coefficient (Wildman–Crippen LogP) is 1.29. The van der Waals surface area contributed by atoms with Crippen molar-refractivity contribution in [3.63, 3.8) is 0 Å². The van der Waals surface area contributed by atoms with Crippen LogP contribution >= 0.6 is 0 Å². The van der Waals surface area contributed by atoms with Crippen LogP contribution < -0.4 is 5.32 Å². The molecule has 43 heavy (non-hydrogen) atoms. The minimum Gasteiger partial charge on any atom is -0.455 e. The Hall–Kier alpha value is -2.90. The predicted molar refractivity (Wildman–Crippen MR) is 161 cm³/mol. The fourth-order valence-corrected chi connectivity index (χ4v) is 4.91. The molecule has 1 heterocycles. The van der Waals surface area contributed by atoms with E-state index < -0.39 is 49.3 Å². The third-order valence-electron chi connectivity index (χ3n) is 7.26. The second-order valence-corrected chi connectivity index (χ2v) is 10.9. The van der Waals surface area contributed by atoms with Crippen LogP contribution in [-0.4, -0.2) is 114 Å². The number of rotatable bonds is 18. The number of hydrogen-bond donors (Lipinski definition) is 4. The van der Waals surface area contributed by atoms with Gasteiger partial charge in [-0.1, -0.05) is 67.6 Å². The zero-order chi connectivity index (χ0) is 31.0. The summed E-state index contributed by atoms with van der Waals surface area (Å²) < 4.78 is 16.1. The highest BCUT2D eigenvalue weighted by Crippen LogP contribution is 2.26. The van der Waals surface area contributed by atoms with Crippen molar-refractivity contribution in [2.45, 2.75) is 70.0 Å². The van der Waals surface area contributed by atoms with Crippen molar-refractivity contribution in [2.24, 2.45) is 0 Å². The van der Waals surface area contributed by atoms with Crippen LogP contribution in [0.15, 0.2) is 60.7 Å². The van der Waals surface area contributed by atoms with E-state index in [9.17, 15) is 24.9 Å². The molecule has 0 amide bonds. The van der Waals surface area contributed by atoms with Crippen LogP contribution in [0, 0.1) is 0 Å². The van der Waals surface area contributed by atoms with Crippen LogP contribution in [0.5, 0.6) is 0 Å². The Balaban J connectivity index is 1.51. The van der Waals surface area contributed by atoms with E-state index in [0.717, 1.165) is 31.7 Å². The summed E-state index contributed by atoms with van der Waals surface area (Å²) in [5.41, 5.74) is 2.38. The Morgan fingerprint density at radius 3 is 2.05 bits per heavy atom. The number of ether oxygens (including phenoxy) is 3. The van der Waals surface area contributed by atoms with Crippen molar-refractivity contribution >= 4 is 11.9 Å². The Morgan fingerprint density at radius 2 is 1.42 bits per heavy atom. The molecule has 0 saturated carbocycles. The van der Waals surface area contributed by atoms with Gasteiger partial charge in [0.05, 0.1) is 13.0 Å². The van der Waals surface area contributed by atoms with Gasteiger partial charge in [0.2, 0.25) is 0 Å². The summed E-state index contributed by atoms with van der Waals surface area (Å²) in [6.07, 6.45) is -6.51. The van der Waals surface area contributed by atoms with Gasteiger partial charge in [0, 0.05) is 52.2 Å². The first-order chi connectivity index (χ1) is 20.8. The fraction of sp³-hybridized carbons (Fsp3) is 0.562. The molecule has 238 valence electrons. The number of nitrogens with zero attached hydrogens (tertiary/aromatic N) is 2. The van der Waals surface area contributed by atoms with E-state index in [-0.39, 0.29) is 12.8 Å². The van der Waals surface area contributed by atoms with Gasteiger partial charge in [0.15, 0.2) is 18.5 Å². The number of carbonyl (C=O) groups excluding carboxylic acids is 2. The number of likely N-dealkylation sites (N-methyl/N-ethyl adjacent to an activating group) is 1. The van der Waals surface area contributed by atoms with Gasteiger partial charge in [-0.2, -0.15) is 0 Å². The first-order valence-corrected chi connectivity index (χ1v) is 15.0. The molecule has 0 spiro atoms. The first-order valence-electron chi connectivity index (χ1n) is 15.0. The van der Waals surface area contributed by atoms with Crippen LogP contribution in [0.3, 0.4) is 0 Å². The Kier molecular flexibility index (Phi) is 15.0. The van der Waals surface area contributed by atoms with Crippen molar-refractivity contribution < 1.29 is 39.1 Å². The largest absolute Gasteiger partial charge is 0.455 e. The van der Waals surface area contributed by atoms with Crippen LogP contribution in [0.1, 0.15) is 37.3 Å². The minimum atomic E-state index is -1.67. The van der Waals surface area contributed by atoms with Gasteiger partial charge in [-0.3, -0.25) is 14.5 Å². The summed E-state index contributed by atoms with van der Waals surface area (Å²) >= 11 is 0. The van der Waals surface area contributed by atoms with Crippen molar-refractivity contribution in [2.75, 3.05) is 46.4 Å². The summed E-state index contributed by atoms with van der Waals surface area (Å²) in [6, 6.07) is 20.3. The number of benzene rings is 2. The molecule has 11 heteroatoms. The topological polar surface area (TPSA) is 141 Å². The summed E-state index contributed by atoms with van der Waals surface area (Å²) in [6.45, 7) is 6.20. The number of aliphatic hydroxyl groups excluding tert-OH is 3. The van der Waals surface area contributed by atoms with E-state index in [1.807, 2.05) is 48.5 Å². The number of nitrogens with one attached hydrogen (secondary N) is 1. The van der Waals surface area contributed by atoms with E-state index in [4.69, 9.17) is 14.2 Å². The average Bonchev–Trinajstić information content (AvgIpc) is 3.00. The number of carbonyl (C=O) groups is 2. The minimum absolute atomic E-state index is 0.00498. The molecular weight excluding hydrogens is 554 g/mol. The monoisotopic (exact) mass is 601 g/mol. The lowest BCUT2D eigenvalue weighted by Crippen LogP contribution is -2.61. The van der Waals surface area contributed by atoms with E-state index in [0.29, 0.717) is 26.1 Å². The maximum absolute atomic E-state index is 12.9. The summed E-state index contributed by atoms with van der Waals surface area (Å²) in [5, 5.41) is 34.1. The molecule has 0 aliphatic carbocycles. The number of aliphatic hydroxyl groups is 3. The van der Waals surface area contributed by atoms with Gasteiger partial charge in [-0.15, -0.1) is 0 Å². The molecule has 2 aromatic rings. The standard InChI is InChI=1S/C32H47N3O8/c1-3-10-27(37)42-30-29(39)26(23-36)41-32(40)31(30)43-28(38)15-18-35(22-25-13-8-5-9-14-25)20-17-33-16-19-34(2)21-24-11-6-4-7-12-24/h4-9,11-14,26,29-33,36,39-40H,3,10,15-23H2,1-2H3/t26?,29-,30-,31?,32+/m0/s1. The van der Waals surface area contributed by atoms with Gasteiger partial charge >= 0.3 is 11.9 Å². The second-order valence-electron chi connectivity index (χ2n) is 10.9. The van der Waals surface area contributed by atoms with E-state index >= 15 is 0 Å². The van der Waals surface area contributed by atoms with E-state index in [1.54, 1.807) is 6.92 Å². The van der Waals surface area contributed by atoms with Crippen LogP contribution in [-0.2, 0) is 36.9 Å². The van der Waals surface area contributed by atoms with Gasteiger partial charge < -0.3 is 39.7 Å². The summed E-state index contributed by atoms with van der Waals surface area (Å²) in [4.78, 5) is 29.5. The molecule has 5 atom stereocenters. The molecule has 0 radical (unpaired) electrons. The number of hydrogen-bond acceptors (Lipinski definition) is 11. The molecule has 1 aliphatic heterocycles. The normalized spacial score (nSPS) is 22.1. The molecule has 11 nitrogen and oxygen atoms in total. The van der Waals surface area contributed by atoms with Gasteiger partial charge in [0.1, 0.15) is 12.2 Å². The van der Waals surface area contributed by atoms with Crippen LogP contribution in [0.2, 0.25) is 0 Å². The third kappa shape index (κ3) is 12.0. The Bertz CT molecular complexity index is 1080. The maximum Gasteiger partial charge on any atom is 0.307 e. The zero-order valence-corrected chi connectivity index (χ0v) is 25.2. The van der Waals surface area contributed by atoms with Crippen molar-refractivity contribution in [1.82, 2.24) is 15.1 Å². The first kappa shape index (κ1) is 34.6. The maximum atomic E-state index is 12.9. The van der Waals surface area contributed by atoms with Crippen molar-refractivity contribution in [1.29, 1.82) is 0 Å². The molecule has 3 rings (SSSR count). The van der Waals surface area contributed by atoms with E-state index in [2.05, 4.69) is 34.3 Å². The molecule has 2 aromatic carbocycles. The Labute approximate surface area is 254 Å². The van der Waals surface area contributed by atoms with Gasteiger partial charge in [-0.25, -0.2) is 0 Å². The molecular formula is C32H47N3O8. The summed E-state index contributed by atoms with van der Waals surface area (Å²) in [5.74, 6) is -1.24. The summed E-state index contributed by atoms with van der Waals surface area (Å²) in [7, 11) is 2.09. The van der Waals surface area contributed by atoms with Crippen LogP contribution in [0.25, 0.3) is 0 Å². The molecule has 1 fully saturated rings. The fourth-order valence-electron chi connectivity index (χ4n) is 4.91. The van der Waals surface area contributed by atoms with Crippen molar-refractivity contribution in [3.05, 3.63) is 71.8 Å². The lowest BCUT2D eigenvalue weighted by atomic mass is 9.98.